The first-order valence-electron chi connectivity index (χ1n) is 11.8. The van der Waals surface area contributed by atoms with Gasteiger partial charge in [0.05, 0.1) is 12.1 Å². The van der Waals surface area contributed by atoms with Crippen molar-refractivity contribution >= 4 is 12.1 Å². The Balaban J connectivity index is 1.43. The molecule has 0 atom stereocenters. The number of benzene rings is 2. The summed E-state index contributed by atoms with van der Waals surface area (Å²) in [4.78, 5) is 7.06. The third-order valence-corrected chi connectivity index (χ3v) is 6.35. The van der Waals surface area contributed by atoms with Gasteiger partial charge in [0.1, 0.15) is 0 Å². The van der Waals surface area contributed by atoms with Crippen molar-refractivity contribution in [2.24, 2.45) is 16.1 Å². The van der Waals surface area contributed by atoms with Crippen LogP contribution in [0.5, 0.6) is 0 Å². The van der Waals surface area contributed by atoms with Crippen LogP contribution in [-0.2, 0) is 0 Å². The van der Waals surface area contributed by atoms with Gasteiger partial charge in [-0.15, -0.1) is 0 Å². The highest BCUT2D eigenvalue weighted by Gasteiger charge is 2.28. The summed E-state index contributed by atoms with van der Waals surface area (Å²) >= 11 is 0. The number of hydrogen-bond acceptors (Lipinski definition) is 3. The number of unbranched alkanes of at least 4 members (excludes halogenated alkanes) is 3. The molecule has 1 aliphatic rings. The zero-order chi connectivity index (χ0) is 21.7. The molecule has 0 amide bonds. The van der Waals surface area contributed by atoms with Gasteiger partial charge in [-0.05, 0) is 56.1 Å². The lowest BCUT2D eigenvalue weighted by atomic mass is 9.76. The third-order valence-electron chi connectivity index (χ3n) is 6.35. The summed E-state index contributed by atoms with van der Waals surface area (Å²) in [6, 6.07) is 22.0. The molecule has 0 radical (unpaired) electrons. The number of rotatable bonds is 11. The van der Waals surface area contributed by atoms with E-state index in [1.54, 1.807) is 0 Å². The van der Waals surface area contributed by atoms with E-state index in [1.807, 2.05) is 6.92 Å². The van der Waals surface area contributed by atoms with Crippen molar-refractivity contribution in [1.29, 1.82) is 0 Å². The van der Waals surface area contributed by atoms with Gasteiger partial charge in [0.2, 0.25) is 0 Å². The van der Waals surface area contributed by atoms with E-state index < -0.39 is 0 Å². The summed E-state index contributed by atoms with van der Waals surface area (Å²) in [5, 5.41) is 11.9. The summed E-state index contributed by atoms with van der Waals surface area (Å²) < 4.78 is 0. The van der Waals surface area contributed by atoms with Crippen LogP contribution in [-0.4, -0.2) is 41.8 Å². The van der Waals surface area contributed by atoms with Crippen LogP contribution in [0.4, 0.5) is 0 Å². The van der Waals surface area contributed by atoms with Crippen LogP contribution in [0.15, 0.2) is 70.8 Å². The van der Waals surface area contributed by atoms with E-state index in [9.17, 15) is 0 Å². The molecule has 1 N–H and O–H groups in total. The second-order valence-electron chi connectivity index (χ2n) is 8.69. The lowest BCUT2D eigenvalue weighted by Gasteiger charge is -2.36. The molecular formula is C27H37N3O. The van der Waals surface area contributed by atoms with Crippen molar-refractivity contribution in [3.8, 4) is 0 Å². The van der Waals surface area contributed by atoms with E-state index >= 15 is 0 Å². The quantitative estimate of drug-likeness (QED) is 0.151. The molecule has 4 heteroatoms. The molecule has 166 valence electrons. The zero-order valence-corrected chi connectivity index (χ0v) is 18.9. The van der Waals surface area contributed by atoms with Gasteiger partial charge in [-0.2, -0.15) is 0 Å². The zero-order valence-electron chi connectivity index (χ0n) is 18.9. The molecule has 1 heterocycles. The molecule has 2 aromatic carbocycles. The highest BCUT2D eigenvalue weighted by atomic mass is 16.4. The van der Waals surface area contributed by atoms with Crippen LogP contribution >= 0.6 is 0 Å². The van der Waals surface area contributed by atoms with Crippen molar-refractivity contribution in [1.82, 2.24) is 4.90 Å². The predicted octanol–water partition coefficient (Wildman–Crippen LogP) is 6.36. The molecule has 1 aliphatic heterocycles. The summed E-state index contributed by atoms with van der Waals surface area (Å²) in [5.74, 6) is 1.14. The summed E-state index contributed by atoms with van der Waals surface area (Å²) in [6.07, 6.45) is 9.96. The van der Waals surface area contributed by atoms with Crippen molar-refractivity contribution in [2.75, 3.05) is 19.6 Å². The summed E-state index contributed by atoms with van der Waals surface area (Å²) in [6.45, 7) is 4.95. The first kappa shape index (κ1) is 23.1. The van der Waals surface area contributed by atoms with E-state index in [0.717, 1.165) is 44.6 Å². The highest BCUT2D eigenvalue weighted by molar-refractivity contribution is 5.81. The molecular weight excluding hydrogens is 382 g/mol. The number of aliphatic imine (C=N–C) groups is 1. The minimum absolute atomic E-state index is 0.473. The second kappa shape index (κ2) is 12.9. The van der Waals surface area contributed by atoms with Crippen molar-refractivity contribution < 1.29 is 5.21 Å². The number of likely N-dealkylation sites (tertiary alicyclic amines) is 1. The Morgan fingerprint density at radius 1 is 0.935 bits per heavy atom. The van der Waals surface area contributed by atoms with E-state index in [-0.39, 0.29) is 0 Å². The van der Waals surface area contributed by atoms with Crippen LogP contribution in [0.1, 0.15) is 68.9 Å². The molecule has 1 fully saturated rings. The van der Waals surface area contributed by atoms with Crippen molar-refractivity contribution in [3.05, 3.63) is 71.8 Å². The average Bonchev–Trinajstić information content (AvgIpc) is 2.83. The van der Waals surface area contributed by atoms with Crippen LogP contribution in [0.25, 0.3) is 0 Å². The summed E-state index contributed by atoms with van der Waals surface area (Å²) in [7, 11) is 0. The highest BCUT2D eigenvalue weighted by Crippen LogP contribution is 2.37. The van der Waals surface area contributed by atoms with Gasteiger partial charge in [0.25, 0.3) is 0 Å². The van der Waals surface area contributed by atoms with Crippen LogP contribution in [0, 0.1) is 5.92 Å². The van der Waals surface area contributed by atoms with Crippen LogP contribution < -0.4 is 0 Å². The minimum atomic E-state index is 0.473. The maximum absolute atomic E-state index is 8.66. The molecule has 0 spiro atoms. The SMILES string of the molecule is C/C(CCCCCCN=CN1CCC(C(c2ccccc2)c2ccccc2)CC1)=N\O. The molecule has 2 aromatic rings. The molecule has 0 saturated carbocycles. The maximum Gasteiger partial charge on any atom is 0.0849 e. The normalized spacial score (nSPS) is 15.8. The molecule has 1 saturated heterocycles. The minimum Gasteiger partial charge on any atom is -0.411 e. The van der Waals surface area contributed by atoms with Gasteiger partial charge < -0.3 is 10.1 Å². The molecule has 3 rings (SSSR count). The third kappa shape index (κ3) is 7.54. The van der Waals surface area contributed by atoms with Crippen molar-refractivity contribution in [3.63, 3.8) is 0 Å². The number of oxime groups is 1. The van der Waals surface area contributed by atoms with Gasteiger partial charge in [0, 0.05) is 25.6 Å². The fourth-order valence-electron chi connectivity index (χ4n) is 4.59. The molecule has 0 aromatic heterocycles. The molecule has 4 nitrogen and oxygen atoms in total. The van der Waals surface area contributed by atoms with Crippen LogP contribution in [0.3, 0.4) is 0 Å². The Morgan fingerprint density at radius 3 is 2.10 bits per heavy atom. The lowest BCUT2D eigenvalue weighted by Crippen LogP contribution is -2.35. The average molecular weight is 420 g/mol. The standard InChI is InChI=1S/C27H37N3O/c1-23(29-31)12-6-2-3-11-19-28-22-30-20-17-26(18-21-30)27(24-13-7-4-8-14-24)25-15-9-5-10-16-25/h4-5,7-10,13-16,22,26-27,31H,2-3,6,11-12,17-21H2,1H3/b28-22?,29-23+. The first-order valence-corrected chi connectivity index (χ1v) is 11.8. The van der Waals surface area contributed by atoms with Gasteiger partial charge in [0.15, 0.2) is 0 Å². The molecule has 0 unspecified atom stereocenters. The van der Waals surface area contributed by atoms with E-state index in [1.165, 1.54) is 36.8 Å². The Labute approximate surface area is 187 Å². The van der Waals surface area contributed by atoms with Crippen LogP contribution in [0.2, 0.25) is 0 Å². The lowest BCUT2D eigenvalue weighted by molar-refractivity contribution is 0.254. The van der Waals surface area contributed by atoms with Gasteiger partial charge in [-0.25, -0.2) is 0 Å². The van der Waals surface area contributed by atoms with E-state index in [2.05, 4.69) is 82.1 Å². The first-order chi connectivity index (χ1) is 15.3. The Bertz CT molecular complexity index is 756. The van der Waals surface area contributed by atoms with E-state index in [4.69, 9.17) is 5.21 Å². The predicted molar refractivity (Wildman–Crippen MR) is 130 cm³/mol. The molecule has 0 aliphatic carbocycles. The Kier molecular flexibility index (Phi) is 9.62. The van der Waals surface area contributed by atoms with Gasteiger partial charge >= 0.3 is 0 Å². The number of nitrogens with zero attached hydrogens (tertiary/aromatic N) is 3. The second-order valence-corrected chi connectivity index (χ2v) is 8.69. The number of hydrogen-bond donors (Lipinski definition) is 1. The maximum atomic E-state index is 8.66. The topological polar surface area (TPSA) is 48.2 Å². The summed E-state index contributed by atoms with van der Waals surface area (Å²) in [5.41, 5.74) is 3.69. The largest absolute Gasteiger partial charge is 0.411 e. The van der Waals surface area contributed by atoms with E-state index in [0.29, 0.717) is 11.8 Å². The smallest absolute Gasteiger partial charge is 0.0849 e. The number of piperidine rings is 1. The fourth-order valence-corrected chi connectivity index (χ4v) is 4.59. The van der Waals surface area contributed by atoms with Gasteiger partial charge in [-0.1, -0.05) is 78.7 Å². The fraction of sp³-hybridized carbons (Fsp3) is 0.481. The Morgan fingerprint density at radius 2 is 1.52 bits per heavy atom. The monoisotopic (exact) mass is 419 g/mol. The Hall–Kier alpha value is -2.62. The van der Waals surface area contributed by atoms with Crippen molar-refractivity contribution in [2.45, 2.75) is 57.8 Å². The molecule has 31 heavy (non-hydrogen) atoms. The van der Waals surface area contributed by atoms with Gasteiger partial charge in [-0.3, -0.25) is 4.99 Å². The molecule has 0 bridgehead atoms.